The Morgan fingerprint density at radius 1 is 0.892 bits per heavy atom. The van der Waals surface area contributed by atoms with Crippen molar-refractivity contribution in [2.45, 2.75) is 56.9 Å². The summed E-state index contributed by atoms with van der Waals surface area (Å²) in [4.78, 5) is 17.6. The number of amides is 1. The maximum atomic E-state index is 12.8. The third-order valence-electron chi connectivity index (χ3n) is 8.61. The summed E-state index contributed by atoms with van der Waals surface area (Å²) in [6, 6.07) is 13.5. The molecule has 7 nitrogen and oxygen atoms in total. The molecule has 2 heterocycles. The maximum Gasteiger partial charge on any atom is 0.251 e. The molecule has 1 amide bonds. The highest BCUT2D eigenvalue weighted by atomic mass is 16.5. The standard InChI is InChI=1S/C30H41N3O4/c34-28-3-1-2-27(29(28)35)23-13-16-32(17-14-23)15-12-22-4-8-25(9-5-22)31-30(36)24-6-10-26(11-7-24)33-18-20-37-21-19-33/h1-3,6-7,10-11,22-23,25,34-35H,4-5,8-9,12-21H2,(H,31,36)/t22-,25-. The molecule has 5 rings (SSSR count). The Balaban J connectivity index is 1.00. The Bertz CT molecular complexity index is 1020. The van der Waals surface area contributed by atoms with Crippen molar-refractivity contribution >= 4 is 11.6 Å². The van der Waals surface area contributed by atoms with Gasteiger partial charge in [-0.2, -0.15) is 0 Å². The summed E-state index contributed by atoms with van der Waals surface area (Å²) < 4.78 is 5.42. The summed E-state index contributed by atoms with van der Waals surface area (Å²) in [5.41, 5.74) is 2.77. The van der Waals surface area contributed by atoms with Crippen LogP contribution in [-0.2, 0) is 4.74 Å². The van der Waals surface area contributed by atoms with Crippen LogP contribution >= 0.6 is 0 Å². The Morgan fingerprint density at radius 2 is 1.59 bits per heavy atom. The molecule has 1 aliphatic carbocycles. The lowest BCUT2D eigenvalue weighted by Gasteiger charge is -2.34. The number of ether oxygens (including phenoxy) is 1. The minimum atomic E-state index is -0.0200. The van der Waals surface area contributed by atoms with E-state index in [0.29, 0.717) is 5.92 Å². The van der Waals surface area contributed by atoms with Gasteiger partial charge in [0.2, 0.25) is 0 Å². The Labute approximate surface area is 220 Å². The van der Waals surface area contributed by atoms with Gasteiger partial charge in [0, 0.05) is 35.9 Å². The van der Waals surface area contributed by atoms with Gasteiger partial charge in [-0.15, -0.1) is 0 Å². The second-order valence-corrected chi connectivity index (χ2v) is 11.0. The fourth-order valence-electron chi connectivity index (χ4n) is 6.22. The first kappa shape index (κ1) is 25.9. The summed E-state index contributed by atoms with van der Waals surface area (Å²) in [6.07, 6.45) is 7.71. The lowest BCUT2D eigenvalue weighted by molar-refractivity contribution is 0.0919. The highest BCUT2D eigenvalue weighted by molar-refractivity contribution is 5.94. The van der Waals surface area contributed by atoms with Crippen molar-refractivity contribution in [3.63, 3.8) is 0 Å². The van der Waals surface area contributed by atoms with Crippen LogP contribution in [0.5, 0.6) is 11.5 Å². The van der Waals surface area contributed by atoms with E-state index < -0.39 is 0 Å². The average Bonchev–Trinajstić information content (AvgIpc) is 2.95. The van der Waals surface area contributed by atoms with Crippen LogP contribution < -0.4 is 10.2 Å². The molecule has 0 atom stereocenters. The number of hydrogen-bond acceptors (Lipinski definition) is 6. The molecule has 200 valence electrons. The van der Waals surface area contributed by atoms with E-state index in [1.54, 1.807) is 0 Å². The van der Waals surface area contributed by atoms with Crippen molar-refractivity contribution < 1.29 is 19.7 Å². The zero-order valence-electron chi connectivity index (χ0n) is 21.8. The SMILES string of the molecule is O=C(N[C@H]1CC[C@H](CCN2CCC(c3cccc(O)c3O)CC2)CC1)c1ccc(N2CCOCC2)cc1. The summed E-state index contributed by atoms with van der Waals surface area (Å²) in [7, 11) is 0. The Morgan fingerprint density at radius 3 is 2.30 bits per heavy atom. The summed E-state index contributed by atoms with van der Waals surface area (Å²) in [5, 5.41) is 23.3. The van der Waals surface area contributed by atoms with E-state index in [-0.39, 0.29) is 23.4 Å². The normalized spacial score (nSPS) is 23.6. The molecule has 2 aromatic rings. The van der Waals surface area contributed by atoms with Crippen molar-refractivity contribution in [3.05, 3.63) is 53.6 Å². The first-order valence-electron chi connectivity index (χ1n) is 14.0. The minimum Gasteiger partial charge on any atom is -0.504 e. The summed E-state index contributed by atoms with van der Waals surface area (Å²) in [5.74, 6) is 1.12. The molecule has 0 bridgehead atoms. The number of anilines is 1. The van der Waals surface area contributed by atoms with Gasteiger partial charge in [-0.3, -0.25) is 4.79 Å². The molecule has 0 radical (unpaired) electrons. The number of morpholine rings is 1. The number of piperidine rings is 1. The fourth-order valence-corrected chi connectivity index (χ4v) is 6.22. The predicted molar refractivity (Wildman–Crippen MR) is 145 cm³/mol. The Hall–Kier alpha value is -2.77. The second kappa shape index (κ2) is 12.2. The molecule has 2 aromatic carbocycles. The number of carbonyl (C=O) groups is 1. The number of phenols is 2. The fraction of sp³-hybridized carbons (Fsp3) is 0.567. The van der Waals surface area contributed by atoms with Crippen LogP contribution in [0.25, 0.3) is 0 Å². The molecular formula is C30H41N3O4. The van der Waals surface area contributed by atoms with Gasteiger partial charge in [-0.05, 0) is 107 Å². The zero-order chi connectivity index (χ0) is 25.6. The number of nitrogens with zero attached hydrogens (tertiary/aromatic N) is 2. The van der Waals surface area contributed by atoms with Crippen molar-refractivity contribution in [1.29, 1.82) is 0 Å². The maximum absolute atomic E-state index is 12.8. The van der Waals surface area contributed by atoms with Crippen LogP contribution in [0, 0.1) is 5.92 Å². The van der Waals surface area contributed by atoms with E-state index in [2.05, 4.69) is 15.1 Å². The minimum absolute atomic E-state index is 0.0200. The van der Waals surface area contributed by atoms with E-state index in [1.165, 1.54) is 25.3 Å². The van der Waals surface area contributed by atoms with Gasteiger partial charge in [0.15, 0.2) is 11.5 Å². The summed E-state index contributed by atoms with van der Waals surface area (Å²) >= 11 is 0. The van der Waals surface area contributed by atoms with Crippen LogP contribution in [0.3, 0.4) is 0 Å². The van der Waals surface area contributed by atoms with Gasteiger partial charge in [-0.1, -0.05) is 12.1 Å². The van der Waals surface area contributed by atoms with Gasteiger partial charge in [0.1, 0.15) is 0 Å². The van der Waals surface area contributed by atoms with Crippen LogP contribution in [0.2, 0.25) is 0 Å². The molecule has 37 heavy (non-hydrogen) atoms. The van der Waals surface area contributed by atoms with E-state index >= 15 is 0 Å². The highest BCUT2D eigenvalue weighted by Gasteiger charge is 2.26. The van der Waals surface area contributed by atoms with E-state index in [9.17, 15) is 15.0 Å². The van der Waals surface area contributed by atoms with Crippen molar-refractivity contribution in [2.75, 3.05) is 50.8 Å². The molecule has 7 heteroatoms. The number of hydrogen-bond donors (Lipinski definition) is 3. The lowest BCUT2D eigenvalue weighted by Crippen LogP contribution is -2.39. The number of carbonyl (C=O) groups excluding carboxylic acids is 1. The second-order valence-electron chi connectivity index (χ2n) is 11.0. The van der Waals surface area contributed by atoms with E-state index in [4.69, 9.17) is 4.74 Å². The number of aromatic hydroxyl groups is 2. The lowest BCUT2D eigenvalue weighted by atomic mass is 9.83. The molecule has 2 aliphatic heterocycles. The third kappa shape index (κ3) is 6.57. The first-order chi connectivity index (χ1) is 18.1. The molecule has 0 aromatic heterocycles. The molecule has 0 unspecified atom stereocenters. The number of likely N-dealkylation sites (tertiary alicyclic amines) is 1. The van der Waals surface area contributed by atoms with Gasteiger partial charge in [-0.25, -0.2) is 0 Å². The van der Waals surface area contributed by atoms with Gasteiger partial charge < -0.3 is 30.1 Å². The molecule has 1 saturated carbocycles. The van der Waals surface area contributed by atoms with E-state index in [1.807, 2.05) is 36.4 Å². The number of nitrogens with one attached hydrogen (secondary N) is 1. The Kier molecular flexibility index (Phi) is 8.52. The van der Waals surface area contributed by atoms with Crippen molar-refractivity contribution in [2.24, 2.45) is 5.92 Å². The molecule has 3 aliphatic rings. The monoisotopic (exact) mass is 507 g/mol. The predicted octanol–water partition coefficient (Wildman–Crippen LogP) is 4.49. The quantitative estimate of drug-likeness (QED) is 0.479. The topological polar surface area (TPSA) is 85.3 Å². The number of para-hydroxylation sites is 1. The number of phenolic OH excluding ortho intramolecular Hbond substituents is 2. The molecule has 3 fully saturated rings. The van der Waals surface area contributed by atoms with Crippen LogP contribution in [0.15, 0.2) is 42.5 Å². The smallest absolute Gasteiger partial charge is 0.251 e. The van der Waals surface area contributed by atoms with Gasteiger partial charge >= 0.3 is 0 Å². The van der Waals surface area contributed by atoms with Crippen LogP contribution in [0.4, 0.5) is 5.69 Å². The average molecular weight is 508 g/mol. The highest BCUT2D eigenvalue weighted by Crippen LogP contribution is 2.38. The third-order valence-corrected chi connectivity index (χ3v) is 8.61. The van der Waals surface area contributed by atoms with Gasteiger partial charge in [0.25, 0.3) is 5.91 Å². The number of rotatable bonds is 7. The first-order valence-corrected chi connectivity index (χ1v) is 14.0. The van der Waals surface area contributed by atoms with Crippen LogP contribution in [0.1, 0.15) is 66.8 Å². The molecular weight excluding hydrogens is 466 g/mol. The number of benzene rings is 2. The van der Waals surface area contributed by atoms with Crippen molar-refractivity contribution in [3.8, 4) is 11.5 Å². The molecule has 3 N–H and O–H groups in total. The molecule has 2 saturated heterocycles. The van der Waals surface area contributed by atoms with Crippen LogP contribution in [-0.4, -0.2) is 73.0 Å². The molecule has 0 spiro atoms. The van der Waals surface area contributed by atoms with E-state index in [0.717, 1.165) is 94.4 Å². The largest absolute Gasteiger partial charge is 0.504 e. The zero-order valence-corrected chi connectivity index (χ0v) is 21.8. The van der Waals surface area contributed by atoms with Gasteiger partial charge in [0.05, 0.1) is 13.2 Å². The summed E-state index contributed by atoms with van der Waals surface area (Å²) in [6.45, 7) is 6.51. The van der Waals surface area contributed by atoms with Crippen molar-refractivity contribution in [1.82, 2.24) is 10.2 Å².